The molecule has 1 fully saturated rings. The van der Waals surface area contributed by atoms with Crippen molar-refractivity contribution in [2.45, 2.75) is 70.9 Å². The van der Waals surface area contributed by atoms with Gasteiger partial charge in [0, 0.05) is 23.9 Å². The SMILES string of the molecule is CN=C(NCc1nc(C(C)(C)C)cs1)NC1CCCCC1.I. The van der Waals surface area contributed by atoms with Crippen molar-refractivity contribution in [2.24, 2.45) is 4.99 Å². The van der Waals surface area contributed by atoms with Gasteiger partial charge in [0.2, 0.25) is 0 Å². The summed E-state index contributed by atoms with van der Waals surface area (Å²) in [4.78, 5) is 9.03. The highest BCUT2D eigenvalue weighted by Gasteiger charge is 2.18. The molecule has 2 N–H and O–H groups in total. The average molecular weight is 436 g/mol. The van der Waals surface area contributed by atoms with Crippen LogP contribution in [0, 0.1) is 0 Å². The molecule has 4 nitrogen and oxygen atoms in total. The van der Waals surface area contributed by atoms with Gasteiger partial charge >= 0.3 is 0 Å². The number of hydrogen-bond donors (Lipinski definition) is 2. The van der Waals surface area contributed by atoms with Crippen LogP contribution in [-0.2, 0) is 12.0 Å². The molecule has 0 aliphatic heterocycles. The van der Waals surface area contributed by atoms with Gasteiger partial charge in [0.1, 0.15) is 5.01 Å². The summed E-state index contributed by atoms with van der Waals surface area (Å²) < 4.78 is 0. The number of halogens is 1. The lowest BCUT2D eigenvalue weighted by Gasteiger charge is -2.24. The van der Waals surface area contributed by atoms with Gasteiger partial charge < -0.3 is 10.6 Å². The zero-order chi connectivity index (χ0) is 15.3. The van der Waals surface area contributed by atoms with Crippen LogP contribution in [-0.4, -0.2) is 24.0 Å². The molecule has 1 heterocycles. The fraction of sp³-hybridized carbons (Fsp3) is 0.750. The van der Waals surface area contributed by atoms with Crippen molar-refractivity contribution >= 4 is 41.3 Å². The monoisotopic (exact) mass is 436 g/mol. The van der Waals surface area contributed by atoms with E-state index < -0.39 is 0 Å². The minimum Gasteiger partial charge on any atom is -0.354 e. The first-order valence-corrected chi connectivity index (χ1v) is 8.79. The summed E-state index contributed by atoms with van der Waals surface area (Å²) in [7, 11) is 1.83. The van der Waals surface area contributed by atoms with E-state index in [9.17, 15) is 0 Å². The maximum atomic E-state index is 4.71. The van der Waals surface area contributed by atoms with Gasteiger partial charge in [0.15, 0.2) is 5.96 Å². The lowest BCUT2D eigenvalue weighted by Crippen LogP contribution is -2.43. The summed E-state index contributed by atoms with van der Waals surface area (Å²) in [6.07, 6.45) is 6.54. The number of nitrogens with zero attached hydrogens (tertiary/aromatic N) is 2. The summed E-state index contributed by atoms with van der Waals surface area (Å²) in [6.45, 7) is 7.33. The first-order chi connectivity index (χ1) is 9.99. The zero-order valence-electron chi connectivity index (χ0n) is 14.1. The highest BCUT2D eigenvalue weighted by molar-refractivity contribution is 14.0. The molecule has 1 aliphatic carbocycles. The number of nitrogens with one attached hydrogen (secondary N) is 2. The van der Waals surface area contributed by atoms with Gasteiger partial charge in [0.25, 0.3) is 0 Å². The Morgan fingerprint density at radius 1 is 1.32 bits per heavy atom. The summed E-state index contributed by atoms with van der Waals surface area (Å²) in [5.41, 5.74) is 1.29. The summed E-state index contributed by atoms with van der Waals surface area (Å²) in [5, 5.41) is 10.2. The van der Waals surface area contributed by atoms with Gasteiger partial charge in [-0.05, 0) is 12.8 Å². The molecule has 1 aliphatic rings. The van der Waals surface area contributed by atoms with Crippen LogP contribution in [0.15, 0.2) is 10.4 Å². The van der Waals surface area contributed by atoms with Crippen LogP contribution in [0.5, 0.6) is 0 Å². The minimum absolute atomic E-state index is 0. The Hall–Kier alpha value is -0.370. The number of thiazole rings is 1. The molecule has 6 heteroatoms. The van der Waals surface area contributed by atoms with Crippen molar-refractivity contribution in [3.63, 3.8) is 0 Å². The van der Waals surface area contributed by atoms with E-state index >= 15 is 0 Å². The molecule has 1 saturated carbocycles. The molecule has 0 spiro atoms. The number of rotatable bonds is 3. The number of hydrogen-bond acceptors (Lipinski definition) is 3. The van der Waals surface area contributed by atoms with Crippen LogP contribution in [0.3, 0.4) is 0 Å². The smallest absolute Gasteiger partial charge is 0.191 e. The topological polar surface area (TPSA) is 49.3 Å². The summed E-state index contributed by atoms with van der Waals surface area (Å²) in [6, 6.07) is 0.575. The third-order valence-corrected chi connectivity index (χ3v) is 4.75. The van der Waals surface area contributed by atoms with E-state index in [1.165, 1.54) is 37.8 Å². The molecule has 126 valence electrons. The Morgan fingerprint density at radius 3 is 2.55 bits per heavy atom. The second-order valence-corrected chi connectivity index (χ2v) is 7.72. The van der Waals surface area contributed by atoms with E-state index in [2.05, 4.69) is 41.8 Å². The van der Waals surface area contributed by atoms with Crippen LogP contribution in [0.25, 0.3) is 0 Å². The van der Waals surface area contributed by atoms with Crippen LogP contribution in [0.2, 0.25) is 0 Å². The van der Waals surface area contributed by atoms with Crippen molar-refractivity contribution in [3.05, 3.63) is 16.1 Å². The normalized spacial score (nSPS) is 17.0. The van der Waals surface area contributed by atoms with E-state index in [1.807, 2.05) is 7.05 Å². The molecule has 0 bridgehead atoms. The van der Waals surface area contributed by atoms with E-state index in [-0.39, 0.29) is 29.4 Å². The Labute approximate surface area is 155 Å². The first-order valence-electron chi connectivity index (χ1n) is 7.91. The Kier molecular flexibility index (Phi) is 8.10. The van der Waals surface area contributed by atoms with Gasteiger partial charge in [0.05, 0.1) is 12.2 Å². The van der Waals surface area contributed by atoms with E-state index in [4.69, 9.17) is 4.98 Å². The Bertz CT molecular complexity index is 473. The lowest BCUT2D eigenvalue weighted by atomic mass is 9.93. The summed E-state index contributed by atoms with van der Waals surface area (Å²) >= 11 is 1.72. The Morgan fingerprint density at radius 2 is 2.00 bits per heavy atom. The predicted molar refractivity (Wildman–Crippen MR) is 106 cm³/mol. The largest absolute Gasteiger partial charge is 0.354 e. The van der Waals surface area contributed by atoms with E-state index in [0.717, 1.165) is 17.5 Å². The molecule has 2 rings (SSSR count). The number of aliphatic imine (C=N–C) groups is 1. The average Bonchev–Trinajstić information content (AvgIpc) is 2.93. The molecule has 0 amide bonds. The zero-order valence-corrected chi connectivity index (χ0v) is 17.3. The fourth-order valence-electron chi connectivity index (χ4n) is 2.53. The van der Waals surface area contributed by atoms with Gasteiger partial charge in [-0.3, -0.25) is 4.99 Å². The first kappa shape index (κ1) is 19.7. The van der Waals surface area contributed by atoms with Gasteiger partial charge in [-0.25, -0.2) is 4.98 Å². The van der Waals surface area contributed by atoms with Crippen molar-refractivity contribution in [2.75, 3.05) is 7.05 Å². The van der Waals surface area contributed by atoms with Crippen LogP contribution in [0.4, 0.5) is 0 Å². The summed E-state index contributed by atoms with van der Waals surface area (Å²) in [5.74, 6) is 0.898. The highest BCUT2D eigenvalue weighted by Crippen LogP contribution is 2.23. The van der Waals surface area contributed by atoms with Gasteiger partial charge in [-0.2, -0.15) is 0 Å². The molecule has 1 aromatic rings. The molecular weight excluding hydrogens is 407 g/mol. The van der Waals surface area contributed by atoms with E-state index in [1.54, 1.807) is 11.3 Å². The third kappa shape index (κ3) is 6.02. The van der Waals surface area contributed by atoms with Crippen molar-refractivity contribution < 1.29 is 0 Å². The molecule has 0 atom stereocenters. The fourth-order valence-corrected chi connectivity index (χ4v) is 3.49. The molecule has 1 aromatic heterocycles. The lowest BCUT2D eigenvalue weighted by molar-refractivity contribution is 0.410. The van der Waals surface area contributed by atoms with Gasteiger partial charge in [-0.1, -0.05) is 40.0 Å². The maximum Gasteiger partial charge on any atom is 0.191 e. The number of guanidine groups is 1. The molecule has 0 radical (unpaired) electrons. The second-order valence-electron chi connectivity index (χ2n) is 6.78. The van der Waals surface area contributed by atoms with Crippen molar-refractivity contribution in [1.82, 2.24) is 15.6 Å². The quantitative estimate of drug-likeness (QED) is 0.427. The van der Waals surface area contributed by atoms with Gasteiger partial charge in [-0.15, -0.1) is 35.3 Å². The van der Waals surface area contributed by atoms with Crippen molar-refractivity contribution in [1.29, 1.82) is 0 Å². The standard InChI is InChI=1S/C16H28N4S.HI/c1-16(2,3)13-11-21-14(20-13)10-18-15(17-4)19-12-8-6-5-7-9-12;/h11-12H,5-10H2,1-4H3,(H2,17,18,19);1H. The maximum absolute atomic E-state index is 4.71. The predicted octanol–water partition coefficient (Wildman–Crippen LogP) is 4.06. The highest BCUT2D eigenvalue weighted by atomic mass is 127. The molecule has 0 saturated heterocycles. The Balaban J connectivity index is 0.00000242. The molecule has 0 aromatic carbocycles. The van der Waals surface area contributed by atoms with E-state index in [0.29, 0.717) is 6.04 Å². The number of aromatic nitrogens is 1. The van der Waals surface area contributed by atoms with Crippen LogP contribution >= 0.6 is 35.3 Å². The molecule has 0 unspecified atom stereocenters. The van der Waals surface area contributed by atoms with Crippen molar-refractivity contribution in [3.8, 4) is 0 Å². The molecular formula is C16H29IN4S. The van der Waals surface area contributed by atoms with Crippen LogP contribution < -0.4 is 10.6 Å². The van der Waals surface area contributed by atoms with Crippen LogP contribution in [0.1, 0.15) is 63.6 Å². The second kappa shape index (κ2) is 9.05. The molecule has 22 heavy (non-hydrogen) atoms. The minimum atomic E-state index is 0. The third-order valence-electron chi connectivity index (χ3n) is 3.90.